The molecule has 1 amide bonds. The van der Waals surface area contributed by atoms with Crippen molar-refractivity contribution in [3.63, 3.8) is 0 Å². The van der Waals surface area contributed by atoms with Gasteiger partial charge in [-0.2, -0.15) is 0 Å². The van der Waals surface area contributed by atoms with E-state index >= 15 is 0 Å². The number of phenolic OH excluding ortho intramolecular Hbond substituents is 1. The van der Waals surface area contributed by atoms with Gasteiger partial charge >= 0.3 is 0 Å². The zero-order chi connectivity index (χ0) is 21.7. The van der Waals surface area contributed by atoms with E-state index in [-0.39, 0.29) is 28.6 Å². The van der Waals surface area contributed by atoms with E-state index in [0.717, 1.165) is 12.1 Å². The van der Waals surface area contributed by atoms with Gasteiger partial charge in [0.2, 0.25) is 0 Å². The van der Waals surface area contributed by atoms with Crippen LogP contribution >= 0.6 is 23.2 Å². The number of para-hydroxylation sites is 1. The van der Waals surface area contributed by atoms with Gasteiger partial charge in [0.15, 0.2) is 6.61 Å². The van der Waals surface area contributed by atoms with Crippen LogP contribution in [0, 0.1) is 0 Å². The Hall–Kier alpha value is -2.94. The summed E-state index contributed by atoms with van der Waals surface area (Å²) in [6.45, 7) is -0.388. The van der Waals surface area contributed by atoms with Crippen molar-refractivity contribution in [1.29, 1.82) is 0 Å². The fourth-order valence-electron chi connectivity index (χ4n) is 2.44. The number of hydrogen-bond acceptors (Lipinski definition) is 5. The molecular formula is C20H16Cl2N2O5S. The molecule has 0 saturated carbocycles. The molecule has 0 aliphatic rings. The lowest BCUT2D eigenvalue weighted by Crippen LogP contribution is -2.21. The molecule has 0 fully saturated rings. The highest BCUT2D eigenvalue weighted by Crippen LogP contribution is 2.28. The Morgan fingerprint density at radius 2 is 1.77 bits per heavy atom. The molecule has 0 radical (unpaired) electrons. The number of nitrogens with one attached hydrogen (secondary N) is 2. The molecule has 3 aromatic rings. The standard InChI is InChI=1S/C20H16Cl2N2O5S/c21-13-4-3-5-14(10-13)24-30(27,28)15-8-9-18(25)17(11-15)23-20(26)12-29-19-7-2-1-6-16(19)22/h1-11,24-25H,12H2,(H,23,26). The minimum atomic E-state index is -3.99. The van der Waals surface area contributed by atoms with Crippen LogP contribution in [-0.4, -0.2) is 26.0 Å². The summed E-state index contributed by atoms with van der Waals surface area (Å²) in [5, 5.41) is 13.1. The van der Waals surface area contributed by atoms with E-state index in [1.165, 1.54) is 12.1 Å². The maximum Gasteiger partial charge on any atom is 0.262 e. The number of ether oxygens (including phenoxy) is 1. The summed E-state index contributed by atoms with van der Waals surface area (Å²) in [4.78, 5) is 12.0. The first-order chi connectivity index (χ1) is 14.2. The van der Waals surface area contributed by atoms with E-state index in [9.17, 15) is 18.3 Å². The number of phenols is 1. The van der Waals surface area contributed by atoms with Crippen molar-refractivity contribution < 1.29 is 23.1 Å². The molecule has 3 aromatic carbocycles. The lowest BCUT2D eigenvalue weighted by molar-refractivity contribution is -0.118. The van der Waals surface area contributed by atoms with E-state index < -0.39 is 15.9 Å². The zero-order valence-electron chi connectivity index (χ0n) is 15.3. The van der Waals surface area contributed by atoms with E-state index in [1.54, 1.807) is 42.5 Å². The molecule has 156 valence electrons. The van der Waals surface area contributed by atoms with Crippen LogP contribution in [-0.2, 0) is 14.8 Å². The van der Waals surface area contributed by atoms with Gasteiger partial charge in [0.25, 0.3) is 15.9 Å². The largest absolute Gasteiger partial charge is 0.506 e. The first kappa shape index (κ1) is 21.8. The van der Waals surface area contributed by atoms with Crippen LogP contribution in [0.25, 0.3) is 0 Å². The molecule has 0 bridgehead atoms. The molecule has 0 heterocycles. The average molecular weight is 467 g/mol. The van der Waals surface area contributed by atoms with Gasteiger partial charge in [-0.3, -0.25) is 9.52 Å². The predicted octanol–water partition coefficient (Wildman–Crippen LogP) is 4.52. The maximum atomic E-state index is 12.6. The summed E-state index contributed by atoms with van der Waals surface area (Å²) >= 11 is 11.8. The van der Waals surface area contributed by atoms with E-state index in [0.29, 0.717) is 15.8 Å². The summed E-state index contributed by atoms with van der Waals surface area (Å²) in [6, 6.07) is 16.3. The summed E-state index contributed by atoms with van der Waals surface area (Å²) in [5.41, 5.74) is 0.186. The Kier molecular flexibility index (Phi) is 6.71. The number of sulfonamides is 1. The van der Waals surface area contributed by atoms with Gasteiger partial charge in [-0.05, 0) is 48.5 Å². The minimum absolute atomic E-state index is 0.0864. The van der Waals surface area contributed by atoms with Crippen molar-refractivity contribution in [2.24, 2.45) is 0 Å². The number of anilines is 2. The van der Waals surface area contributed by atoms with Crippen molar-refractivity contribution in [3.8, 4) is 11.5 Å². The van der Waals surface area contributed by atoms with Crippen LogP contribution in [0.15, 0.2) is 71.6 Å². The predicted molar refractivity (Wildman–Crippen MR) is 116 cm³/mol. The van der Waals surface area contributed by atoms with Gasteiger partial charge in [-0.1, -0.05) is 41.4 Å². The van der Waals surface area contributed by atoms with Gasteiger partial charge in [-0.25, -0.2) is 8.42 Å². The third-order valence-electron chi connectivity index (χ3n) is 3.82. The lowest BCUT2D eigenvalue weighted by atomic mass is 10.3. The normalized spacial score (nSPS) is 11.0. The third-order valence-corrected chi connectivity index (χ3v) is 5.75. The Morgan fingerprint density at radius 3 is 2.50 bits per heavy atom. The monoisotopic (exact) mass is 466 g/mol. The highest BCUT2D eigenvalue weighted by Gasteiger charge is 2.18. The third kappa shape index (κ3) is 5.56. The van der Waals surface area contributed by atoms with Crippen LogP contribution < -0.4 is 14.8 Å². The smallest absolute Gasteiger partial charge is 0.262 e. The fraction of sp³-hybridized carbons (Fsp3) is 0.0500. The second kappa shape index (κ2) is 9.25. The molecule has 0 spiro atoms. The maximum absolute atomic E-state index is 12.6. The zero-order valence-corrected chi connectivity index (χ0v) is 17.6. The summed E-state index contributed by atoms with van der Waals surface area (Å²) in [5.74, 6) is -0.592. The number of carbonyl (C=O) groups excluding carboxylic acids is 1. The van der Waals surface area contributed by atoms with Crippen LogP contribution in [0.5, 0.6) is 11.5 Å². The van der Waals surface area contributed by atoms with Crippen molar-refractivity contribution in [1.82, 2.24) is 0 Å². The van der Waals surface area contributed by atoms with Crippen LogP contribution in [0.3, 0.4) is 0 Å². The first-order valence-electron chi connectivity index (χ1n) is 8.53. The number of hydrogen-bond donors (Lipinski definition) is 3. The minimum Gasteiger partial charge on any atom is -0.506 e. The molecule has 0 unspecified atom stereocenters. The molecule has 7 nitrogen and oxygen atoms in total. The average Bonchev–Trinajstić information content (AvgIpc) is 2.68. The first-order valence-corrected chi connectivity index (χ1v) is 10.8. The van der Waals surface area contributed by atoms with Gasteiger partial charge in [0.05, 0.1) is 21.3 Å². The van der Waals surface area contributed by atoms with Crippen LogP contribution in [0.2, 0.25) is 10.0 Å². The van der Waals surface area contributed by atoms with Crippen molar-refractivity contribution in [3.05, 3.63) is 76.8 Å². The molecule has 3 N–H and O–H groups in total. The number of aromatic hydroxyl groups is 1. The lowest BCUT2D eigenvalue weighted by Gasteiger charge is -2.12. The molecule has 0 aliphatic heterocycles. The second-order valence-corrected chi connectivity index (χ2v) is 8.59. The number of rotatable bonds is 7. The SMILES string of the molecule is O=C(COc1ccccc1Cl)Nc1cc(S(=O)(=O)Nc2cccc(Cl)c2)ccc1O. The molecule has 0 aliphatic carbocycles. The second-order valence-electron chi connectivity index (χ2n) is 6.06. The molecule has 0 aromatic heterocycles. The summed E-state index contributed by atoms with van der Waals surface area (Å²) in [6.07, 6.45) is 0. The van der Waals surface area contributed by atoms with Gasteiger partial charge in [-0.15, -0.1) is 0 Å². The molecule has 10 heteroatoms. The van der Waals surface area contributed by atoms with Crippen molar-refractivity contribution in [2.75, 3.05) is 16.6 Å². The number of carbonyl (C=O) groups is 1. The number of halogens is 2. The highest BCUT2D eigenvalue weighted by atomic mass is 35.5. The van der Waals surface area contributed by atoms with Gasteiger partial charge < -0.3 is 15.2 Å². The van der Waals surface area contributed by atoms with E-state index in [1.807, 2.05) is 0 Å². The van der Waals surface area contributed by atoms with Crippen LogP contribution in [0.4, 0.5) is 11.4 Å². The fourth-order valence-corrected chi connectivity index (χ4v) is 3.90. The van der Waals surface area contributed by atoms with Gasteiger partial charge in [0.1, 0.15) is 11.5 Å². The molecule has 0 atom stereocenters. The summed E-state index contributed by atoms with van der Waals surface area (Å²) in [7, 11) is -3.99. The van der Waals surface area contributed by atoms with Gasteiger partial charge in [0, 0.05) is 5.02 Å². The van der Waals surface area contributed by atoms with Crippen LogP contribution in [0.1, 0.15) is 0 Å². The molecule has 0 saturated heterocycles. The highest BCUT2D eigenvalue weighted by molar-refractivity contribution is 7.92. The topological polar surface area (TPSA) is 105 Å². The Labute approximate surface area is 183 Å². The Balaban J connectivity index is 1.72. The number of amides is 1. The molecular weight excluding hydrogens is 451 g/mol. The Bertz CT molecular complexity index is 1190. The Morgan fingerprint density at radius 1 is 1.00 bits per heavy atom. The van der Waals surface area contributed by atoms with Crippen molar-refractivity contribution in [2.45, 2.75) is 4.90 Å². The molecule has 30 heavy (non-hydrogen) atoms. The van der Waals surface area contributed by atoms with E-state index in [4.69, 9.17) is 27.9 Å². The summed E-state index contributed by atoms with van der Waals surface area (Å²) < 4.78 is 33.0. The quantitative estimate of drug-likeness (QED) is 0.444. The number of benzene rings is 3. The van der Waals surface area contributed by atoms with E-state index in [2.05, 4.69) is 10.0 Å². The van der Waals surface area contributed by atoms with Crippen molar-refractivity contribution >= 4 is 50.5 Å². The molecule has 3 rings (SSSR count).